The van der Waals surface area contributed by atoms with Gasteiger partial charge in [-0.05, 0) is 38.8 Å². The average Bonchev–Trinajstić information content (AvgIpc) is 2.44. The molecule has 106 valence electrons. The van der Waals surface area contributed by atoms with Gasteiger partial charge >= 0.3 is 0 Å². The van der Waals surface area contributed by atoms with E-state index in [1.165, 1.54) is 5.56 Å². The van der Waals surface area contributed by atoms with Gasteiger partial charge in [-0.25, -0.2) is 0 Å². The number of hydrogen-bond acceptors (Lipinski definition) is 3. The first kappa shape index (κ1) is 15.7. The summed E-state index contributed by atoms with van der Waals surface area (Å²) in [5.74, 6) is 0.759. The smallest absolute Gasteiger partial charge is 0.216 e. The van der Waals surface area contributed by atoms with Gasteiger partial charge in [-0.15, -0.1) is 0 Å². The van der Waals surface area contributed by atoms with Crippen LogP contribution in [0.4, 0.5) is 0 Å². The molecule has 19 heavy (non-hydrogen) atoms. The first-order chi connectivity index (χ1) is 9.31. The van der Waals surface area contributed by atoms with Crippen molar-refractivity contribution in [2.75, 3.05) is 19.8 Å². The quantitative estimate of drug-likeness (QED) is 0.504. The molecule has 0 saturated carbocycles. The molecule has 0 atom stereocenters. The molecular formula is C16H24O3. The largest absolute Gasteiger partial charge is 0.493 e. The maximum absolute atomic E-state index is 5.64. The molecule has 0 fully saturated rings. The SMILES string of the molecule is CCO/C(=C\Cc1ccccc1)C(OCC)OCC. The van der Waals surface area contributed by atoms with Gasteiger partial charge in [0.2, 0.25) is 6.29 Å². The third-order valence-corrected chi connectivity index (χ3v) is 2.56. The van der Waals surface area contributed by atoms with Crippen LogP contribution in [0.25, 0.3) is 0 Å². The molecule has 0 unspecified atom stereocenters. The molecule has 0 saturated heterocycles. The van der Waals surface area contributed by atoms with E-state index in [1.807, 2.05) is 45.0 Å². The van der Waals surface area contributed by atoms with Crippen molar-refractivity contribution in [2.45, 2.75) is 33.5 Å². The summed E-state index contributed by atoms with van der Waals surface area (Å²) in [7, 11) is 0. The fraction of sp³-hybridized carbons (Fsp3) is 0.500. The summed E-state index contributed by atoms with van der Waals surface area (Å²) in [6, 6.07) is 10.3. The van der Waals surface area contributed by atoms with E-state index in [1.54, 1.807) is 0 Å². The van der Waals surface area contributed by atoms with Crippen LogP contribution in [0.1, 0.15) is 26.3 Å². The van der Waals surface area contributed by atoms with Crippen molar-refractivity contribution < 1.29 is 14.2 Å². The Hall–Kier alpha value is -1.32. The highest BCUT2D eigenvalue weighted by molar-refractivity contribution is 5.18. The zero-order valence-electron chi connectivity index (χ0n) is 12.1. The Bertz CT molecular complexity index is 354. The molecule has 1 aromatic carbocycles. The minimum Gasteiger partial charge on any atom is -0.493 e. The molecule has 1 aromatic rings. The predicted molar refractivity (Wildman–Crippen MR) is 76.9 cm³/mol. The van der Waals surface area contributed by atoms with Crippen LogP contribution in [-0.2, 0) is 20.6 Å². The van der Waals surface area contributed by atoms with Crippen molar-refractivity contribution in [1.29, 1.82) is 0 Å². The van der Waals surface area contributed by atoms with E-state index in [4.69, 9.17) is 14.2 Å². The first-order valence-corrected chi connectivity index (χ1v) is 6.91. The van der Waals surface area contributed by atoms with Gasteiger partial charge in [-0.3, -0.25) is 0 Å². The molecule has 0 N–H and O–H groups in total. The Labute approximate surface area is 116 Å². The van der Waals surface area contributed by atoms with Gasteiger partial charge in [0.1, 0.15) is 5.76 Å². The lowest BCUT2D eigenvalue weighted by molar-refractivity contribution is -0.136. The second-order valence-electron chi connectivity index (χ2n) is 3.97. The van der Waals surface area contributed by atoms with Gasteiger partial charge < -0.3 is 14.2 Å². The predicted octanol–water partition coefficient (Wildman–Crippen LogP) is 3.55. The van der Waals surface area contributed by atoms with E-state index in [0.717, 1.165) is 12.2 Å². The Morgan fingerprint density at radius 3 is 2.16 bits per heavy atom. The van der Waals surface area contributed by atoms with Crippen LogP contribution < -0.4 is 0 Å². The van der Waals surface area contributed by atoms with Crippen LogP contribution in [0, 0.1) is 0 Å². The van der Waals surface area contributed by atoms with Gasteiger partial charge in [0.15, 0.2) is 0 Å². The van der Waals surface area contributed by atoms with Gasteiger partial charge in [0.25, 0.3) is 0 Å². The number of benzene rings is 1. The Morgan fingerprint density at radius 1 is 1.00 bits per heavy atom. The summed E-state index contributed by atoms with van der Waals surface area (Å²) in [6.45, 7) is 7.67. The van der Waals surface area contributed by atoms with Gasteiger partial charge in [-0.1, -0.05) is 30.3 Å². The zero-order valence-corrected chi connectivity index (χ0v) is 12.1. The van der Waals surface area contributed by atoms with Crippen LogP contribution >= 0.6 is 0 Å². The second-order valence-corrected chi connectivity index (χ2v) is 3.97. The van der Waals surface area contributed by atoms with Crippen molar-refractivity contribution in [3.63, 3.8) is 0 Å². The molecule has 0 heterocycles. The van der Waals surface area contributed by atoms with Crippen molar-refractivity contribution >= 4 is 0 Å². The summed E-state index contributed by atoms with van der Waals surface area (Å²) < 4.78 is 16.8. The summed E-state index contributed by atoms with van der Waals surface area (Å²) in [5, 5.41) is 0. The Balaban J connectivity index is 2.73. The molecule has 3 nitrogen and oxygen atoms in total. The summed E-state index contributed by atoms with van der Waals surface area (Å²) in [4.78, 5) is 0. The minimum absolute atomic E-state index is 0.404. The zero-order chi connectivity index (χ0) is 13.9. The van der Waals surface area contributed by atoms with Crippen LogP contribution in [0.2, 0.25) is 0 Å². The highest BCUT2D eigenvalue weighted by Gasteiger charge is 2.15. The highest BCUT2D eigenvalue weighted by Crippen LogP contribution is 2.13. The van der Waals surface area contributed by atoms with E-state index in [9.17, 15) is 0 Å². The third-order valence-electron chi connectivity index (χ3n) is 2.56. The topological polar surface area (TPSA) is 27.7 Å². The van der Waals surface area contributed by atoms with Crippen LogP contribution in [0.3, 0.4) is 0 Å². The standard InChI is InChI=1S/C16H24O3/c1-4-17-15(16(18-5-2)19-6-3)13-12-14-10-8-7-9-11-14/h7-11,13,16H,4-6,12H2,1-3H3/b15-13-. The average molecular weight is 264 g/mol. The molecule has 0 bridgehead atoms. The fourth-order valence-corrected chi connectivity index (χ4v) is 1.74. The lowest BCUT2D eigenvalue weighted by atomic mass is 10.1. The van der Waals surface area contributed by atoms with Gasteiger partial charge in [-0.2, -0.15) is 0 Å². The van der Waals surface area contributed by atoms with Crippen LogP contribution in [0.15, 0.2) is 42.2 Å². The molecule has 1 rings (SSSR count). The Kier molecular flexibility index (Phi) is 7.94. The third kappa shape index (κ3) is 5.90. The second kappa shape index (κ2) is 9.59. The van der Waals surface area contributed by atoms with E-state index < -0.39 is 6.29 Å². The molecule has 0 radical (unpaired) electrons. The molecule has 0 aliphatic carbocycles. The lowest BCUT2D eigenvalue weighted by Crippen LogP contribution is -2.22. The molecule has 0 aliphatic rings. The first-order valence-electron chi connectivity index (χ1n) is 6.91. The fourth-order valence-electron chi connectivity index (χ4n) is 1.74. The number of ether oxygens (including phenoxy) is 3. The summed E-state index contributed by atoms with van der Waals surface area (Å²) in [5.41, 5.74) is 1.24. The normalized spacial score (nSPS) is 11.9. The Morgan fingerprint density at radius 2 is 1.63 bits per heavy atom. The van der Waals surface area contributed by atoms with E-state index in [-0.39, 0.29) is 0 Å². The number of rotatable bonds is 9. The van der Waals surface area contributed by atoms with Crippen molar-refractivity contribution in [2.24, 2.45) is 0 Å². The molecule has 3 heteroatoms. The van der Waals surface area contributed by atoms with Crippen molar-refractivity contribution in [3.8, 4) is 0 Å². The van der Waals surface area contributed by atoms with Gasteiger partial charge in [0, 0.05) is 13.2 Å². The van der Waals surface area contributed by atoms with E-state index in [0.29, 0.717) is 19.8 Å². The van der Waals surface area contributed by atoms with Crippen LogP contribution in [0.5, 0.6) is 0 Å². The minimum atomic E-state index is -0.404. The number of hydrogen-bond donors (Lipinski definition) is 0. The van der Waals surface area contributed by atoms with E-state index >= 15 is 0 Å². The molecule has 0 aliphatic heterocycles. The molecule has 0 amide bonds. The van der Waals surface area contributed by atoms with Gasteiger partial charge in [0.05, 0.1) is 6.61 Å². The highest BCUT2D eigenvalue weighted by atomic mass is 16.7. The van der Waals surface area contributed by atoms with E-state index in [2.05, 4.69) is 12.1 Å². The maximum atomic E-state index is 5.64. The number of allylic oxidation sites excluding steroid dienone is 1. The monoisotopic (exact) mass is 264 g/mol. The summed E-state index contributed by atoms with van der Waals surface area (Å²) in [6.07, 6.45) is 2.44. The van der Waals surface area contributed by atoms with Crippen LogP contribution in [-0.4, -0.2) is 26.1 Å². The van der Waals surface area contributed by atoms with Crippen molar-refractivity contribution in [3.05, 3.63) is 47.7 Å². The van der Waals surface area contributed by atoms with Crippen molar-refractivity contribution in [1.82, 2.24) is 0 Å². The molecule has 0 spiro atoms. The summed E-state index contributed by atoms with van der Waals surface area (Å²) >= 11 is 0. The lowest BCUT2D eigenvalue weighted by Gasteiger charge is -2.20. The maximum Gasteiger partial charge on any atom is 0.216 e. The molecule has 0 aromatic heterocycles. The molecular weight excluding hydrogens is 240 g/mol.